The van der Waals surface area contributed by atoms with Gasteiger partial charge in [-0.25, -0.2) is 0 Å². The maximum absolute atomic E-state index is 12.4. The molecule has 0 saturated heterocycles. The highest BCUT2D eigenvalue weighted by atomic mass is 16.6. The van der Waals surface area contributed by atoms with Crippen LogP contribution in [0.2, 0.25) is 0 Å². The molecule has 3 rings (SSSR count). The highest BCUT2D eigenvalue weighted by molar-refractivity contribution is 5.67. The molecule has 3 aliphatic carbocycles. The third-order valence-electron chi connectivity index (χ3n) is 8.69. The van der Waals surface area contributed by atoms with Gasteiger partial charge in [0.1, 0.15) is 24.4 Å². The predicted molar refractivity (Wildman–Crippen MR) is 125 cm³/mol. The van der Waals surface area contributed by atoms with Crippen molar-refractivity contribution in [2.45, 2.75) is 104 Å². The molecule has 0 aliphatic heterocycles. The van der Waals surface area contributed by atoms with Crippen LogP contribution in [0.1, 0.15) is 74.1 Å². The molecule has 0 aromatic rings. The average molecular weight is 497 g/mol. The number of hydrogen-bond acceptors (Lipinski definition) is 9. The van der Waals surface area contributed by atoms with Crippen LogP contribution in [0.4, 0.5) is 0 Å². The summed E-state index contributed by atoms with van der Waals surface area (Å²) in [5.41, 5.74) is -1.85. The van der Waals surface area contributed by atoms with E-state index in [4.69, 9.17) is 14.2 Å². The minimum atomic E-state index is -1.92. The van der Waals surface area contributed by atoms with Gasteiger partial charge in [0.25, 0.3) is 0 Å². The van der Waals surface area contributed by atoms with Crippen LogP contribution in [0.25, 0.3) is 0 Å². The molecule has 0 aromatic heterocycles. The number of hydrogen-bond donors (Lipinski definition) is 3. The molecule has 8 atom stereocenters. The van der Waals surface area contributed by atoms with E-state index in [1.165, 1.54) is 20.8 Å². The zero-order valence-corrected chi connectivity index (χ0v) is 21.8. The summed E-state index contributed by atoms with van der Waals surface area (Å²) < 4.78 is 17.0. The van der Waals surface area contributed by atoms with E-state index in [9.17, 15) is 29.7 Å². The first-order chi connectivity index (χ1) is 16.0. The molecule has 3 unspecified atom stereocenters. The highest BCUT2D eigenvalue weighted by Gasteiger charge is 2.65. The number of fused-ring (bicyclic) bond motifs is 3. The number of esters is 3. The van der Waals surface area contributed by atoms with Crippen LogP contribution in [0.3, 0.4) is 0 Å². The first kappa shape index (κ1) is 27.6. The van der Waals surface area contributed by atoms with Gasteiger partial charge in [0.15, 0.2) is 0 Å². The molecule has 35 heavy (non-hydrogen) atoms. The monoisotopic (exact) mass is 496 g/mol. The molecule has 2 bridgehead atoms. The lowest BCUT2D eigenvalue weighted by Crippen LogP contribution is -2.68. The number of carbonyl (C=O) groups is 3. The number of aliphatic hydroxyl groups is 3. The fourth-order valence-corrected chi connectivity index (χ4v) is 7.21. The van der Waals surface area contributed by atoms with Gasteiger partial charge in [0, 0.05) is 32.6 Å². The molecule has 0 amide bonds. The smallest absolute Gasteiger partial charge is 0.303 e. The molecule has 2 saturated carbocycles. The standard InChI is InChI=1S/C26H40O9/c1-13-18(30)10-17-22(35-16(4)29)23-25(7,9-8-20(31)26(23,32)12-33-14(2)27)11-19(34-15(3)28)21(13)24(17,5)6/h17-20,22-23,30-32H,8-12H2,1-7H3/t17?,18-,19-,20-,22?,23?,25-,26-/m0/s1. The second-order valence-electron chi connectivity index (χ2n) is 11.5. The molecule has 3 N–H and O–H groups in total. The summed E-state index contributed by atoms with van der Waals surface area (Å²) in [4.78, 5) is 36.2. The molecule has 9 heteroatoms. The summed E-state index contributed by atoms with van der Waals surface area (Å²) in [6, 6.07) is 0. The molecule has 3 aliphatic rings. The number of rotatable bonds is 4. The number of aliphatic hydroxyl groups excluding tert-OH is 2. The average Bonchev–Trinajstić information content (AvgIpc) is 2.70. The summed E-state index contributed by atoms with van der Waals surface area (Å²) >= 11 is 0. The van der Waals surface area contributed by atoms with Crippen LogP contribution >= 0.6 is 0 Å². The third kappa shape index (κ3) is 4.87. The Hall–Kier alpha value is -1.97. The van der Waals surface area contributed by atoms with Crippen LogP contribution in [0.5, 0.6) is 0 Å². The number of carbonyl (C=O) groups excluding carboxylic acids is 3. The third-order valence-corrected chi connectivity index (χ3v) is 8.69. The molecular weight excluding hydrogens is 456 g/mol. The Bertz CT molecular complexity index is 908. The van der Waals surface area contributed by atoms with Crippen LogP contribution in [0, 0.1) is 22.7 Å². The van der Waals surface area contributed by atoms with Gasteiger partial charge >= 0.3 is 17.9 Å². The minimum Gasteiger partial charge on any atom is -0.463 e. The van der Waals surface area contributed by atoms with Gasteiger partial charge in [-0.1, -0.05) is 20.8 Å². The maximum atomic E-state index is 12.4. The normalized spacial score (nSPS) is 40.6. The van der Waals surface area contributed by atoms with Crippen molar-refractivity contribution in [1.29, 1.82) is 0 Å². The van der Waals surface area contributed by atoms with Crippen molar-refractivity contribution in [3.05, 3.63) is 11.1 Å². The lowest BCUT2D eigenvalue weighted by molar-refractivity contribution is -0.252. The van der Waals surface area contributed by atoms with E-state index < -0.39 is 77.2 Å². The van der Waals surface area contributed by atoms with Crippen molar-refractivity contribution in [2.24, 2.45) is 22.7 Å². The highest BCUT2D eigenvalue weighted by Crippen LogP contribution is 2.61. The Morgan fingerprint density at radius 3 is 2.14 bits per heavy atom. The lowest BCUT2D eigenvalue weighted by Gasteiger charge is -2.61. The minimum absolute atomic E-state index is 0.221. The Kier molecular flexibility index (Phi) is 7.48. The summed E-state index contributed by atoms with van der Waals surface area (Å²) in [7, 11) is 0. The first-order valence-corrected chi connectivity index (χ1v) is 12.3. The van der Waals surface area contributed by atoms with Crippen LogP contribution in [-0.4, -0.2) is 69.9 Å². The van der Waals surface area contributed by atoms with Crippen LogP contribution < -0.4 is 0 Å². The second kappa shape index (κ2) is 9.48. The van der Waals surface area contributed by atoms with Crippen molar-refractivity contribution in [3.63, 3.8) is 0 Å². The summed E-state index contributed by atoms with van der Waals surface area (Å²) in [5.74, 6) is -2.97. The summed E-state index contributed by atoms with van der Waals surface area (Å²) in [6.07, 6.45) is -2.48. The van der Waals surface area contributed by atoms with Crippen molar-refractivity contribution in [3.8, 4) is 0 Å². The maximum Gasteiger partial charge on any atom is 0.303 e. The Morgan fingerprint density at radius 1 is 1.00 bits per heavy atom. The Labute approximate surface area is 206 Å². The Morgan fingerprint density at radius 2 is 1.60 bits per heavy atom. The second-order valence-corrected chi connectivity index (χ2v) is 11.5. The Balaban J connectivity index is 2.30. The molecule has 0 heterocycles. The molecular formula is C26H40O9. The molecule has 0 radical (unpaired) electrons. The SMILES string of the molecule is CC(=O)OC[C@@]1(O)C2C(OC(C)=O)C3C[C@H](O)C(C)=C([C@@H](OC(C)=O)C[C@]2(C)CC[C@@H]1O)C3(C)C. The van der Waals surface area contributed by atoms with E-state index in [2.05, 4.69) is 0 Å². The van der Waals surface area contributed by atoms with Gasteiger partial charge in [-0.15, -0.1) is 0 Å². The van der Waals surface area contributed by atoms with E-state index in [1.807, 2.05) is 27.7 Å². The molecule has 9 nitrogen and oxygen atoms in total. The predicted octanol–water partition coefficient (Wildman–Crippen LogP) is 2.05. The summed E-state index contributed by atoms with van der Waals surface area (Å²) in [5, 5.41) is 34.1. The fourth-order valence-electron chi connectivity index (χ4n) is 7.21. The van der Waals surface area contributed by atoms with Crippen LogP contribution in [-0.2, 0) is 28.6 Å². The first-order valence-electron chi connectivity index (χ1n) is 12.3. The van der Waals surface area contributed by atoms with Crippen LogP contribution in [0.15, 0.2) is 11.1 Å². The summed E-state index contributed by atoms with van der Waals surface area (Å²) in [6.45, 7) is 11.0. The quantitative estimate of drug-likeness (QED) is 0.303. The molecule has 198 valence electrons. The van der Waals surface area contributed by atoms with E-state index >= 15 is 0 Å². The van der Waals surface area contributed by atoms with Gasteiger partial charge < -0.3 is 29.5 Å². The lowest BCUT2D eigenvalue weighted by atomic mass is 9.48. The van der Waals surface area contributed by atoms with E-state index in [0.717, 1.165) is 11.1 Å². The van der Waals surface area contributed by atoms with Gasteiger partial charge in [-0.2, -0.15) is 0 Å². The van der Waals surface area contributed by atoms with E-state index in [1.54, 1.807) is 0 Å². The topological polar surface area (TPSA) is 140 Å². The molecule has 0 aromatic carbocycles. The largest absolute Gasteiger partial charge is 0.463 e. The number of ether oxygens (including phenoxy) is 3. The van der Waals surface area contributed by atoms with Gasteiger partial charge in [-0.05, 0) is 54.6 Å². The zero-order chi connectivity index (χ0) is 26.5. The fraction of sp³-hybridized carbons (Fsp3) is 0.808. The molecule has 0 spiro atoms. The van der Waals surface area contributed by atoms with Crippen molar-refractivity contribution >= 4 is 17.9 Å². The van der Waals surface area contributed by atoms with Gasteiger partial charge in [-0.3, -0.25) is 14.4 Å². The molecule has 2 fully saturated rings. The van der Waals surface area contributed by atoms with Crippen molar-refractivity contribution < 1.29 is 43.9 Å². The van der Waals surface area contributed by atoms with E-state index in [0.29, 0.717) is 6.42 Å². The van der Waals surface area contributed by atoms with Gasteiger partial charge in [0.05, 0.1) is 12.2 Å². The van der Waals surface area contributed by atoms with Gasteiger partial charge in [0.2, 0.25) is 0 Å². The van der Waals surface area contributed by atoms with Crippen molar-refractivity contribution in [2.75, 3.05) is 6.61 Å². The van der Waals surface area contributed by atoms with Crippen molar-refractivity contribution in [1.82, 2.24) is 0 Å². The van der Waals surface area contributed by atoms with E-state index in [-0.39, 0.29) is 19.3 Å². The zero-order valence-electron chi connectivity index (χ0n) is 21.8.